The summed E-state index contributed by atoms with van der Waals surface area (Å²) in [6.07, 6.45) is 2.50. The molecule has 2 nitrogen and oxygen atoms in total. The van der Waals surface area contributed by atoms with Gasteiger partial charge in [-0.15, -0.1) is 0 Å². The second kappa shape index (κ2) is 6.23. The lowest BCUT2D eigenvalue weighted by Gasteiger charge is -1.98. The number of hydrogen-bond acceptors (Lipinski definition) is 3. The highest BCUT2D eigenvalue weighted by molar-refractivity contribution is 8.13. The van der Waals surface area contributed by atoms with Crippen molar-refractivity contribution in [3.63, 3.8) is 0 Å². The molecule has 0 amide bonds. The molecule has 0 saturated carbocycles. The summed E-state index contributed by atoms with van der Waals surface area (Å²) in [5, 5.41) is 1.22. The monoisotopic (exact) mass is 255 g/mol. The zero-order valence-electron chi connectivity index (χ0n) is 10.1. The van der Waals surface area contributed by atoms with Crippen LogP contribution in [0, 0.1) is 11.8 Å². The van der Waals surface area contributed by atoms with E-state index in [-0.39, 0.29) is 5.12 Å². The number of aromatic nitrogens is 1. The lowest BCUT2D eigenvalue weighted by molar-refractivity contribution is -0.109. The van der Waals surface area contributed by atoms with Gasteiger partial charge >= 0.3 is 0 Å². The minimum absolute atomic E-state index is 0.145. The van der Waals surface area contributed by atoms with Gasteiger partial charge < -0.3 is 0 Å². The van der Waals surface area contributed by atoms with Crippen LogP contribution in [0.25, 0.3) is 10.9 Å². The normalized spacial score (nSPS) is 9.83. The number of pyridine rings is 1. The summed E-state index contributed by atoms with van der Waals surface area (Å²) in [6, 6.07) is 9.88. The predicted molar refractivity (Wildman–Crippen MR) is 76.4 cm³/mol. The van der Waals surface area contributed by atoms with Gasteiger partial charge in [0.2, 0.25) is 0 Å². The number of carbonyl (C=O) groups is 1. The Morgan fingerprint density at radius 3 is 3.06 bits per heavy atom. The minimum atomic E-state index is 0.145. The van der Waals surface area contributed by atoms with Crippen molar-refractivity contribution >= 4 is 27.8 Å². The Balaban J connectivity index is 2.12. The van der Waals surface area contributed by atoms with Crippen LogP contribution >= 0.6 is 11.8 Å². The Hall–Kier alpha value is -1.79. The van der Waals surface area contributed by atoms with E-state index < -0.39 is 0 Å². The second-order valence-corrected chi connectivity index (χ2v) is 5.04. The molecule has 1 heterocycles. The number of fused-ring (bicyclic) bond motifs is 1. The maximum Gasteiger partial charge on any atom is 0.185 e. The zero-order valence-corrected chi connectivity index (χ0v) is 11.0. The van der Waals surface area contributed by atoms with Crippen LogP contribution in [0.5, 0.6) is 0 Å². The van der Waals surface area contributed by atoms with Gasteiger partial charge in [-0.1, -0.05) is 35.7 Å². The molecule has 18 heavy (non-hydrogen) atoms. The molecule has 0 unspecified atom stereocenters. The van der Waals surface area contributed by atoms with Crippen molar-refractivity contribution in [2.45, 2.75) is 13.3 Å². The summed E-state index contributed by atoms with van der Waals surface area (Å²) in [7, 11) is 0. The number of thioether (sulfide) groups is 1. The van der Waals surface area contributed by atoms with Crippen molar-refractivity contribution in [2.24, 2.45) is 0 Å². The van der Waals surface area contributed by atoms with Crippen molar-refractivity contribution in [1.82, 2.24) is 4.98 Å². The Kier molecular flexibility index (Phi) is 4.38. The fourth-order valence-corrected chi connectivity index (χ4v) is 2.11. The number of benzene rings is 1. The van der Waals surface area contributed by atoms with Gasteiger partial charge in [0, 0.05) is 36.2 Å². The SMILES string of the molecule is CC(=O)SCCC#Cc1cccc2ncccc12. The first-order chi connectivity index (χ1) is 8.77. The van der Waals surface area contributed by atoms with Crippen LogP contribution in [0.15, 0.2) is 36.5 Å². The Bertz CT molecular complexity index is 620. The van der Waals surface area contributed by atoms with Gasteiger partial charge in [0.05, 0.1) is 5.52 Å². The van der Waals surface area contributed by atoms with Gasteiger partial charge in [0.1, 0.15) is 0 Å². The van der Waals surface area contributed by atoms with E-state index in [0.29, 0.717) is 0 Å². The smallest absolute Gasteiger partial charge is 0.185 e. The Morgan fingerprint density at radius 2 is 2.22 bits per heavy atom. The van der Waals surface area contributed by atoms with Crippen LogP contribution < -0.4 is 0 Å². The second-order valence-electron chi connectivity index (χ2n) is 3.77. The third-order valence-electron chi connectivity index (χ3n) is 2.40. The Morgan fingerprint density at radius 1 is 1.33 bits per heavy atom. The number of nitrogens with zero attached hydrogens (tertiary/aromatic N) is 1. The number of carbonyl (C=O) groups excluding carboxylic acids is 1. The summed E-state index contributed by atoms with van der Waals surface area (Å²) >= 11 is 1.32. The third-order valence-corrected chi connectivity index (χ3v) is 3.22. The van der Waals surface area contributed by atoms with E-state index in [1.54, 1.807) is 13.1 Å². The van der Waals surface area contributed by atoms with E-state index in [4.69, 9.17) is 0 Å². The average Bonchev–Trinajstić information content (AvgIpc) is 2.38. The van der Waals surface area contributed by atoms with Gasteiger partial charge in [-0.25, -0.2) is 0 Å². The fraction of sp³-hybridized carbons (Fsp3) is 0.200. The summed E-state index contributed by atoms with van der Waals surface area (Å²) in [6.45, 7) is 1.58. The van der Waals surface area contributed by atoms with E-state index in [0.717, 1.165) is 28.6 Å². The summed E-state index contributed by atoms with van der Waals surface area (Å²) in [5.74, 6) is 7.00. The highest BCUT2D eigenvalue weighted by Gasteiger charge is 1.97. The van der Waals surface area contributed by atoms with Gasteiger partial charge in [-0.2, -0.15) is 0 Å². The van der Waals surface area contributed by atoms with Crippen molar-refractivity contribution < 1.29 is 4.79 Å². The summed E-state index contributed by atoms with van der Waals surface area (Å²) in [5.41, 5.74) is 1.95. The summed E-state index contributed by atoms with van der Waals surface area (Å²) in [4.78, 5) is 15.1. The molecule has 1 aromatic heterocycles. The molecular formula is C15H13NOS. The molecule has 0 aliphatic carbocycles. The molecule has 2 rings (SSSR count). The van der Waals surface area contributed by atoms with Gasteiger partial charge in [0.15, 0.2) is 5.12 Å². The van der Waals surface area contributed by atoms with Crippen molar-refractivity contribution in [3.8, 4) is 11.8 Å². The van der Waals surface area contributed by atoms with Crippen LogP contribution in [-0.4, -0.2) is 15.9 Å². The molecule has 1 aromatic carbocycles. The zero-order chi connectivity index (χ0) is 12.8. The van der Waals surface area contributed by atoms with E-state index in [2.05, 4.69) is 16.8 Å². The van der Waals surface area contributed by atoms with E-state index >= 15 is 0 Å². The standard InChI is InChI=1S/C15H13NOS/c1-12(17)18-11-3-2-6-13-7-4-9-15-14(13)8-5-10-16-15/h4-5,7-10H,3,11H2,1H3. The lowest BCUT2D eigenvalue weighted by Crippen LogP contribution is -1.85. The van der Waals surface area contributed by atoms with Crippen LogP contribution in [0.3, 0.4) is 0 Å². The van der Waals surface area contributed by atoms with Crippen LogP contribution in [0.2, 0.25) is 0 Å². The maximum absolute atomic E-state index is 10.8. The molecular weight excluding hydrogens is 242 g/mol. The van der Waals surface area contributed by atoms with Crippen molar-refractivity contribution in [3.05, 3.63) is 42.1 Å². The number of hydrogen-bond donors (Lipinski definition) is 0. The van der Waals surface area contributed by atoms with Gasteiger partial charge in [-0.05, 0) is 18.2 Å². The topological polar surface area (TPSA) is 30.0 Å². The first kappa shape index (κ1) is 12.7. The van der Waals surface area contributed by atoms with Crippen molar-refractivity contribution in [1.29, 1.82) is 0 Å². The first-order valence-electron chi connectivity index (χ1n) is 5.73. The molecule has 3 heteroatoms. The Labute approximate surface area is 111 Å². The van der Waals surface area contributed by atoms with Crippen molar-refractivity contribution in [2.75, 3.05) is 5.75 Å². The van der Waals surface area contributed by atoms with E-state index in [9.17, 15) is 4.79 Å². The highest BCUT2D eigenvalue weighted by Crippen LogP contribution is 2.15. The van der Waals surface area contributed by atoms with Crippen LogP contribution in [0.1, 0.15) is 18.9 Å². The van der Waals surface area contributed by atoms with Gasteiger partial charge in [0.25, 0.3) is 0 Å². The predicted octanol–water partition coefficient (Wildman–Crippen LogP) is 3.26. The molecule has 0 N–H and O–H groups in total. The molecule has 0 aliphatic rings. The maximum atomic E-state index is 10.8. The van der Waals surface area contributed by atoms with Crippen LogP contribution in [-0.2, 0) is 4.79 Å². The molecule has 0 bridgehead atoms. The summed E-state index contributed by atoms with van der Waals surface area (Å²) < 4.78 is 0. The molecule has 0 atom stereocenters. The van der Waals surface area contributed by atoms with E-state index in [1.807, 2.05) is 30.3 Å². The molecule has 0 saturated heterocycles. The van der Waals surface area contributed by atoms with E-state index in [1.165, 1.54) is 11.8 Å². The first-order valence-corrected chi connectivity index (χ1v) is 6.72. The average molecular weight is 255 g/mol. The minimum Gasteiger partial charge on any atom is -0.288 e. The molecule has 90 valence electrons. The highest BCUT2D eigenvalue weighted by atomic mass is 32.2. The molecule has 0 radical (unpaired) electrons. The largest absolute Gasteiger partial charge is 0.288 e. The lowest BCUT2D eigenvalue weighted by atomic mass is 10.1. The van der Waals surface area contributed by atoms with Gasteiger partial charge in [-0.3, -0.25) is 9.78 Å². The molecule has 2 aromatic rings. The molecule has 0 spiro atoms. The fourth-order valence-electron chi connectivity index (χ4n) is 1.62. The number of rotatable bonds is 2. The quantitative estimate of drug-likeness (QED) is 0.609. The molecule has 0 fully saturated rings. The molecule has 0 aliphatic heterocycles. The van der Waals surface area contributed by atoms with Crippen LogP contribution in [0.4, 0.5) is 0 Å². The third kappa shape index (κ3) is 3.35.